The number of hydrogen-bond donors (Lipinski definition) is 1. The van der Waals surface area contributed by atoms with Gasteiger partial charge in [-0.3, -0.25) is 14.2 Å². The van der Waals surface area contributed by atoms with Crippen LogP contribution in [0.3, 0.4) is 0 Å². The third-order valence-electron chi connectivity index (χ3n) is 4.98. The maximum atomic E-state index is 13.1. The lowest BCUT2D eigenvalue weighted by Gasteiger charge is -2.13. The van der Waals surface area contributed by atoms with Crippen LogP contribution < -0.4 is 20.3 Å². The predicted molar refractivity (Wildman–Crippen MR) is 128 cm³/mol. The average molecular weight is 486 g/mol. The third-order valence-corrected chi connectivity index (χ3v) is 6.84. The molecule has 1 aromatic carbocycles. The molecule has 0 radical (unpaired) electrons. The minimum absolute atomic E-state index is 0.103. The van der Waals surface area contributed by atoms with Crippen molar-refractivity contribution in [2.45, 2.75) is 24.7 Å². The Morgan fingerprint density at radius 1 is 1.21 bits per heavy atom. The highest BCUT2D eigenvalue weighted by Gasteiger charge is 2.15. The van der Waals surface area contributed by atoms with Gasteiger partial charge in [0.2, 0.25) is 5.91 Å². The average Bonchev–Trinajstić information content (AvgIpc) is 3.53. The second-order valence-corrected chi connectivity index (χ2v) is 8.93. The number of thiophene rings is 1. The maximum absolute atomic E-state index is 13.1. The number of fused-ring (bicyclic) bond motifs is 1. The molecule has 0 saturated carbocycles. The minimum atomic E-state index is -0.164. The molecule has 33 heavy (non-hydrogen) atoms. The number of aryl methyl sites for hydroxylation is 1. The molecule has 8 nitrogen and oxygen atoms in total. The number of furan rings is 1. The quantitative estimate of drug-likeness (QED) is 0.270. The molecule has 4 rings (SSSR count). The van der Waals surface area contributed by atoms with Crippen molar-refractivity contribution in [1.29, 1.82) is 0 Å². The molecule has 1 amide bonds. The van der Waals surface area contributed by atoms with Crippen LogP contribution >= 0.6 is 23.1 Å². The monoisotopic (exact) mass is 485 g/mol. The number of nitrogens with one attached hydrogen (secondary N) is 1. The van der Waals surface area contributed by atoms with E-state index in [1.807, 2.05) is 29.6 Å². The van der Waals surface area contributed by atoms with Gasteiger partial charge in [-0.05, 0) is 47.7 Å². The third kappa shape index (κ3) is 5.40. The molecule has 0 fully saturated rings. The lowest BCUT2D eigenvalue weighted by atomic mass is 10.1. The number of carbonyl (C=O) groups is 1. The molecule has 0 unspecified atom stereocenters. The highest BCUT2D eigenvalue weighted by molar-refractivity contribution is 7.99. The molecule has 0 aliphatic rings. The van der Waals surface area contributed by atoms with E-state index in [1.54, 1.807) is 37.2 Å². The molecular formula is C23H23N3O5S2. The zero-order chi connectivity index (χ0) is 23.2. The number of rotatable bonds is 10. The fourth-order valence-corrected chi connectivity index (χ4v) is 4.92. The molecule has 0 bridgehead atoms. The first-order valence-corrected chi connectivity index (χ1v) is 12.1. The number of hydrogen-bond acceptors (Lipinski definition) is 8. The Bertz CT molecular complexity index is 1300. The summed E-state index contributed by atoms with van der Waals surface area (Å²) < 4.78 is 18.1. The molecule has 1 N–H and O–H groups in total. The number of carbonyl (C=O) groups excluding carboxylic acids is 1. The van der Waals surface area contributed by atoms with E-state index in [2.05, 4.69) is 10.3 Å². The first-order chi connectivity index (χ1) is 16.1. The lowest BCUT2D eigenvalue weighted by Crippen LogP contribution is -2.26. The Hall–Kier alpha value is -3.24. The number of methoxy groups -OCH3 is 2. The van der Waals surface area contributed by atoms with Gasteiger partial charge < -0.3 is 19.2 Å². The summed E-state index contributed by atoms with van der Waals surface area (Å²) in [5.41, 5.74) is 1.54. The van der Waals surface area contributed by atoms with Crippen LogP contribution in [0.1, 0.15) is 11.3 Å². The molecule has 3 heterocycles. The summed E-state index contributed by atoms with van der Waals surface area (Å²) in [5, 5.41) is 5.17. The topological polar surface area (TPSA) is 95.6 Å². The van der Waals surface area contributed by atoms with Crippen LogP contribution in [-0.2, 0) is 24.3 Å². The van der Waals surface area contributed by atoms with Crippen molar-refractivity contribution in [3.63, 3.8) is 0 Å². The first kappa shape index (κ1) is 22.9. The van der Waals surface area contributed by atoms with Crippen LogP contribution in [0.2, 0.25) is 0 Å². The van der Waals surface area contributed by atoms with Crippen LogP contribution in [0.4, 0.5) is 0 Å². The van der Waals surface area contributed by atoms with Gasteiger partial charge in [-0.25, -0.2) is 4.98 Å². The highest BCUT2D eigenvalue weighted by Crippen LogP contribution is 2.28. The van der Waals surface area contributed by atoms with Crippen molar-refractivity contribution in [2.24, 2.45) is 0 Å². The van der Waals surface area contributed by atoms with E-state index in [0.717, 1.165) is 5.56 Å². The number of benzene rings is 1. The van der Waals surface area contributed by atoms with Gasteiger partial charge in [0.05, 0.1) is 38.3 Å². The Morgan fingerprint density at radius 2 is 2.06 bits per heavy atom. The van der Waals surface area contributed by atoms with E-state index in [4.69, 9.17) is 13.9 Å². The smallest absolute Gasteiger partial charge is 0.272 e. The normalized spacial score (nSPS) is 11.0. The molecular weight excluding hydrogens is 462 g/mol. The molecule has 0 saturated heterocycles. The van der Waals surface area contributed by atoms with Crippen molar-refractivity contribution < 1.29 is 18.7 Å². The maximum Gasteiger partial charge on any atom is 0.272 e. The lowest BCUT2D eigenvalue weighted by molar-refractivity contribution is -0.118. The van der Waals surface area contributed by atoms with Gasteiger partial charge >= 0.3 is 0 Å². The molecule has 4 aromatic rings. The summed E-state index contributed by atoms with van der Waals surface area (Å²) in [6, 6.07) is 11.1. The molecule has 172 valence electrons. The summed E-state index contributed by atoms with van der Waals surface area (Å²) in [6.45, 7) is 0.737. The van der Waals surface area contributed by atoms with Crippen molar-refractivity contribution in [2.75, 3.05) is 20.0 Å². The first-order valence-electron chi connectivity index (χ1n) is 10.2. The zero-order valence-electron chi connectivity index (χ0n) is 18.2. The number of amides is 1. The van der Waals surface area contributed by atoms with Crippen LogP contribution in [-0.4, -0.2) is 35.4 Å². The van der Waals surface area contributed by atoms with E-state index in [1.165, 1.54) is 23.1 Å². The van der Waals surface area contributed by atoms with Crippen molar-refractivity contribution in [3.05, 3.63) is 69.7 Å². The van der Waals surface area contributed by atoms with E-state index >= 15 is 0 Å². The Morgan fingerprint density at radius 3 is 2.82 bits per heavy atom. The molecule has 0 aliphatic carbocycles. The Balaban J connectivity index is 1.50. The van der Waals surface area contributed by atoms with E-state index in [-0.39, 0.29) is 17.2 Å². The summed E-state index contributed by atoms with van der Waals surface area (Å²) in [4.78, 5) is 30.1. The highest BCUT2D eigenvalue weighted by atomic mass is 32.2. The Labute approximate surface area is 198 Å². The fourth-order valence-electron chi connectivity index (χ4n) is 3.29. The van der Waals surface area contributed by atoms with Gasteiger partial charge in [0, 0.05) is 6.54 Å². The number of nitrogens with zero attached hydrogens (tertiary/aromatic N) is 2. The van der Waals surface area contributed by atoms with Crippen molar-refractivity contribution >= 4 is 39.2 Å². The van der Waals surface area contributed by atoms with Gasteiger partial charge in [-0.15, -0.1) is 11.3 Å². The Kier molecular flexibility index (Phi) is 7.36. The van der Waals surface area contributed by atoms with Crippen LogP contribution in [0, 0.1) is 0 Å². The summed E-state index contributed by atoms with van der Waals surface area (Å²) >= 11 is 2.61. The molecule has 0 spiro atoms. The predicted octanol–water partition coefficient (Wildman–Crippen LogP) is 3.72. The van der Waals surface area contributed by atoms with Crippen molar-refractivity contribution in [1.82, 2.24) is 14.9 Å². The summed E-state index contributed by atoms with van der Waals surface area (Å²) in [5.74, 6) is 1.94. The number of thioether (sulfide) groups is 1. The van der Waals surface area contributed by atoms with E-state index in [9.17, 15) is 9.59 Å². The standard InChI is InChI=1S/C23H23N3O5S2/c1-29-18-6-5-15(12-19(18)30-2)7-9-26-22(28)21-17(8-11-32-21)25-23(26)33-14-20(27)24-13-16-4-3-10-31-16/h3-6,8,10-12H,7,9,13-14H2,1-2H3,(H,24,27). The minimum Gasteiger partial charge on any atom is -0.493 e. The van der Waals surface area contributed by atoms with E-state index in [0.29, 0.717) is 52.1 Å². The molecule has 10 heteroatoms. The molecule has 3 aromatic heterocycles. The van der Waals surface area contributed by atoms with Gasteiger partial charge in [-0.1, -0.05) is 17.8 Å². The van der Waals surface area contributed by atoms with Gasteiger partial charge in [0.1, 0.15) is 10.5 Å². The SMILES string of the molecule is COc1ccc(CCn2c(SCC(=O)NCc3ccco3)nc3ccsc3c2=O)cc1OC. The van der Waals surface area contributed by atoms with Crippen LogP contribution in [0.15, 0.2) is 62.4 Å². The fraction of sp³-hybridized carbons (Fsp3) is 0.261. The van der Waals surface area contributed by atoms with E-state index < -0.39 is 0 Å². The number of aromatic nitrogens is 2. The van der Waals surface area contributed by atoms with Gasteiger partial charge in [0.15, 0.2) is 16.7 Å². The largest absolute Gasteiger partial charge is 0.493 e. The second kappa shape index (κ2) is 10.6. The van der Waals surface area contributed by atoms with Gasteiger partial charge in [0.25, 0.3) is 5.56 Å². The summed E-state index contributed by atoms with van der Waals surface area (Å²) in [6.07, 6.45) is 2.16. The second-order valence-electron chi connectivity index (χ2n) is 7.07. The van der Waals surface area contributed by atoms with Gasteiger partial charge in [-0.2, -0.15) is 0 Å². The molecule has 0 atom stereocenters. The molecule has 0 aliphatic heterocycles. The zero-order valence-corrected chi connectivity index (χ0v) is 19.8. The van der Waals surface area contributed by atoms with Crippen molar-refractivity contribution in [3.8, 4) is 11.5 Å². The summed E-state index contributed by atoms with van der Waals surface area (Å²) in [7, 11) is 3.18. The number of ether oxygens (including phenoxy) is 2. The van der Waals surface area contributed by atoms with Crippen LogP contribution in [0.5, 0.6) is 11.5 Å². The van der Waals surface area contributed by atoms with Crippen LogP contribution in [0.25, 0.3) is 10.2 Å².